The van der Waals surface area contributed by atoms with Gasteiger partial charge in [-0.15, -0.1) is 0 Å². The van der Waals surface area contributed by atoms with Crippen LogP contribution in [0.4, 0.5) is 0 Å². The maximum absolute atomic E-state index is 11.2. The molecule has 4 aliphatic rings. The zero-order chi connectivity index (χ0) is 23.4. The fourth-order valence-electron chi connectivity index (χ4n) is 3.01. The van der Waals surface area contributed by atoms with E-state index in [1.165, 1.54) is 0 Å². The van der Waals surface area contributed by atoms with Crippen LogP contribution < -0.4 is 0 Å². The standard InChI is InChI=1S/2C10H8N2O4/c2*13-7-1-2-8(14)11(7)5-6-12-9(15)3-4-10(12)16/h2*1-4H,5-6H2. The lowest BCUT2D eigenvalue weighted by atomic mass is 10.4. The molecule has 4 heterocycles. The highest BCUT2D eigenvalue weighted by Gasteiger charge is 2.29. The number of imide groups is 4. The first-order chi connectivity index (χ1) is 15.2. The van der Waals surface area contributed by atoms with Crippen LogP contribution in [0.2, 0.25) is 0 Å². The Morgan fingerprint density at radius 3 is 0.562 bits per heavy atom. The summed E-state index contributed by atoms with van der Waals surface area (Å²) in [6, 6.07) is 0. The second-order valence-corrected chi connectivity index (χ2v) is 6.65. The van der Waals surface area contributed by atoms with Gasteiger partial charge in [0.1, 0.15) is 0 Å². The Morgan fingerprint density at radius 2 is 0.438 bits per heavy atom. The van der Waals surface area contributed by atoms with Crippen LogP contribution in [0.15, 0.2) is 48.6 Å². The largest absolute Gasteiger partial charge is 0.274 e. The van der Waals surface area contributed by atoms with E-state index in [0.29, 0.717) is 0 Å². The molecule has 0 aromatic heterocycles. The van der Waals surface area contributed by atoms with Crippen molar-refractivity contribution in [3.05, 3.63) is 48.6 Å². The summed E-state index contributed by atoms with van der Waals surface area (Å²) < 4.78 is 0. The van der Waals surface area contributed by atoms with Crippen molar-refractivity contribution in [2.24, 2.45) is 0 Å². The van der Waals surface area contributed by atoms with E-state index >= 15 is 0 Å². The molecule has 0 saturated carbocycles. The maximum Gasteiger partial charge on any atom is 0.253 e. The van der Waals surface area contributed by atoms with Gasteiger partial charge < -0.3 is 0 Å². The van der Waals surface area contributed by atoms with Gasteiger partial charge in [-0.2, -0.15) is 0 Å². The van der Waals surface area contributed by atoms with Crippen molar-refractivity contribution in [3.8, 4) is 0 Å². The van der Waals surface area contributed by atoms with Gasteiger partial charge in [-0.1, -0.05) is 0 Å². The van der Waals surface area contributed by atoms with E-state index < -0.39 is 47.3 Å². The van der Waals surface area contributed by atoms with Crippen LogP contribution in [0.5, 0.6) is 0 Å². The van der Waals surface area contributed by atoms with Gasteiger partial charge in [0.05, 0.1) is 0 Å². The quantitative estimate of drug-likeness (QED) is 0.418. The fraction of sp³-hybridized carbons (Fsp3) is 0.200. The van der Waals surface area contributed by atoms with E-state index in [0.717, 1.165) is 68.2 Å². The molecule has 0 radical (unpaired) electrons. The van der Waals surface area contributed by atoms with Gasteiger partial charge in [-0.05, 0) is 0 Å². The number of amides is 8. The first kappa shape index (κ1) is 22.2. The normalized spacial score (nSPS) is 19.5. The lowest BCUT2D eigenvalue weighted by Crippen LogP contribution is -2.40. The first-order valence-corrected chi connectivity index (χ1v) is 9.33. The average Bonchev–Trinajstić information content (AvgIpc) is 3.45. The number of carbonyl (C=O) groups is 8. The molecule has 0 bridgehead atoms. The molecule has 0 saturated heterocycles. The van der Waals surface area contributed by atoms with Crippen molar-refractivity contribution in [1.82, 2.24) is 19.6 Å². The van der Waals surface area contributed by atoms with Crippen LogP contribution >= 0.6 is 0 Å². The fourth-order valence-corrected chi connectivity index (χ4v) is 3.01. The second kappa shape index (κ2) is 9.12. The number of nitrogens with zero attached hydrogens (tertiary/aromatic N) is 4. The minimum absolute atomic E-state index is 0.0316. The third-order valence-electron chi connectivity index (χ3n) is 4.70. The smallest absolute Gasteiger partial charge is 0.253 e. The molecule has 0 unspecified atom stereocenters. The summed E-state index contributed by atoms with van der Waals surface area (Å²) in [6.45, 7) is 0.126. The first-order valence-electron chi connectivity index (χ1n) is 9.33. The molecule has 0 aromatic carbocycles. The summed E-state index contributed by atoms with van der Waals surface area (Å²) in [6.07, 6.45) is 9.29. The van der Waals surface area contributed by atoms with Crippen molar-refractivity contribution in [3.63, 3.8) is 0 Å². The Hall–Kier alpha value is -4.48. The Balaban J connectivity index is 0.000000181. The molecule has 32 heavy (non-hydrogen) atoms. The Labute approximate surface area is 180 Å². The highest BCUT2D eigenvalue weighted by molar-refractivity contribution is 6.15. The highest BCUT2D eigenvalue weighted by atomic mass is 16.2. The van der Waals surface area contributed by atoms with Gasteiger partial charge in [-0.3, -0.25) is 58.0 Å². The third-order valence-corrected chi connectivity index (χ3v) is 4.70. The SMILES string of the molecule is O=C1C=CC(=O)N1CCN1C(=O)C=CC1=O.O=C1C=CC(=O)N1CCN1C(=O)C=CC1=O. The van der Waals surface area contributed by atoms with Crippen molar-refractivity contribution in [2.45, 2.75) is 0 Å². The van der Waals surface area contributed by atoms with Crippen LogP contribution in [0.1, 0.15) is 0 Å². The number of hydrogen-bond donors (Lipinski definition) is 0. The summed E-state index contributed by atoms with van der Waals surface area (Å²) >= 11 is 0. The van der Waals surface area contributed by atoms with Gasteiger partial charge in [0.15, 0.2) is 0 Å². The molecule has 0 spiro atoms. The van der Waals surface area contributed by atoms with E-state index in [1.54, 1.807) is 0 Å². The summed E-state index contributed by atoms with van der Waals surface area (Å²) in [7, 11) is 0. The monoisotopic (exact) mass is 440 g/mol. The Morgan fingerprint density at radius 1 is 0.312 bits per heavy atom. The van der Waals surface area contributed by atoms with Gasteiger partial charge in [0, 0.05) is 74.8 Å². The van der Waals surface area contributed by atoms with E-state index in [4.69, 9.17) is 0 Å². The lowest BCUT2D eigenvalue weighted by molar-refractivity contribution is -0.142. The van der Waals surface area contributed by atoms with E-state index in [1.807, 2.05) is 0 Å². The zero-order valence-electron chi connectivity index (χ0n) is 16.5. The predicted molar refractivity (Wildman–Crippen MR) is 103 cm³/mol. The van der Waals surface area contributed by atoms with Gasteiger partial charge in [-0.25, -0.2) is 0 Å². The van der Waals surface area contributed by atoms with E-state index in [2.05, 4.69) is 0 Å². The summed E-state index contributed by atoms with van der Waals surface area (Å²) in [5.74, 6) is -3.36. The molecule has 12 nitrogen and oxygen atoms in total. The van der Waals surface area contributed by atoms with Crippen molar-refractivity contribution in [2.75, 3.05) is 26.2 Å². The minimum atomic E-state index is -0.419. The number of hydrogen-bond acceptors (Lipinski definition) is 8. The van der Waals surface area contributed by atoms with Crippen LogP contribution in [0.3, 0.4) is 0 Å². The molecular weight excluding hydrogens is 424 g/mol. The van der Waals surface area contributed by atoms with Crippen molar-refractivity contribution in [1.29, 1.82) is 0 Å². The summed E-state index contributed by atoms with van der Waals surface area (Å²) in [4.78, 5) is 93.3. The predicted octanol–water partition coefficient (Wildman–Crippen LogP) is -2.33. The Kier molecular flexibility index (Phi) is 6.33. The minimum Gasteiger partial charge on any atom is -0.274 e. The second-order valence-electron chi connectivity index (χ2n) is 6.65. The van der Waals surface area contributed by atoms with Crippen molar-refractivity contribution >= 4 is 47.3 Å². The van der Waals surface area contributed by atoms with Crippen LogP contribution in [-0.2, 0) is 38.4 Å². The molecule has 0 N–H and O–H groups in total. The van der Waals surface area contributed by atoms with E-state index in [-0.39, 0.29) is 26.2 Å². The summed E-state index contributed by atoms with van der Waals surface area (Å²) in [5.41, 5.74) is 0. The average molecular weight is 440 g/mol. The van der Waals surface area contributed by atoms with Crippen LogP contribution in [-0.4, -0.2) is 93.0 Å². The van der Waals surface area contributed by atoms with Crippen molar-refractivity contribution < 1.29 is 38.4 Å². The molecule has 0 aromatic rings. The number of carbonyl (C=O) groups excluding carboxylic acids is 8. The molecule has 0 aliphatic carbocycles. The molecule has 12 heteroatoms. The molecule has 4 rings (SSSR count). The van der Waals surface area contributed by atoms with Gasteiger partial charge >= 0.3 is 0 Å². The molecule has 8 amide bonds. The molecular formula is C20H16N4O8. The topological polar surface area (TPSA) is 150 Å². The zero-order valence-corrected chi connectivity index (χ0v) is 16.5. The Bertz CT molecular complexity index is 827. The third kappa shape index (κ3) is 4.64. The van der Waals surface area contributed by atoms with Gasteiger partial charge in [0.25, 0.3) is 47.3 Å². The lowest BCUT2D eigenvalue weighted by Gasteiger charge is -2.18. The molecule has 164 valence electrons. The van der Waals surface area contributed by atoms with E-state index in [9.17, 15) is 38.4 Å². The highest BCUT2D eigenvalue weighted by Crippen LogP contribution is 2.08. The molecule has 4 aliphatic heterocycles. The molecule has 0 atom stereocenters. The number of rotatable bonds is 6. The molecule has 0 fully saturated rings. The summed E-state index contributed by atoms with van der Waals surface area (Å²) in [5, 5.41) is 0. The van der Waals surface area contributed by atoms with Gasteiger partial charge in [0.2, 0.25) is 0 Å². The van der Waals surface area contributed by atoms with Crippen LogP contribution in [0.25, 0.3) is 0 Å². The van der Waals surface area contributed by atoms with Crippen LogP contribution in [0, 0.1) is 0 Å². The maximum atomic E-state index is 11.2.